The standard InChI is InChI=1S/C20H20N4O/c1-3-7-16(9-6-13-25)19-20(22-17-10-5-4-8-15(17)2)24-12-11-21-14-18(24)23-19/h3-12,14,22,25H,1,13H2,2H3/b9-6-,16-7+. The number of hydrogen-bond donors (Lipinski definition) is 2. The van der Waals surface area contributed by atoms with Gasteiger partial charge in [0.25, 0.3) is 0 Å². The molecule has 0 fully saturated rings. The van der Waals surface area contributed by atoms with E-state index in [0.29, 0.717) is 0 Å². The second kappa shape index (κ2) is 7.59. The van der Waals surface area contributed by atoms with Gasteiger partial charge < -0.3 is 10.4 Å². The molecular weight excluding hydrogens is 312 g/mol. The molecule has 5 nitrogen and oxygen atoms in total. The minimum Gasteiger partial charge on any atom is -0.392 e. The van der Waals surface area contributed by atoms with E-state index in [-0.39, 0.29) is 6.61 Å². The van der Waals surface area contributed by atoms with Crippen molar-refractivity contribution in [3.05, 3.63) is 85.0 Å². The summed E-state index contributed by atoms with van der Waals surface area (Å²) < 4.78 is 1.96. The molecule has 0 radical (unpaired) electrons. The molecule has 25 heavy (non-hydrogen) atoms. The quantitative estimate of drug-likeness (QED) is 0.672. The van der Waals surface area contributed by atoms with Gasteiger partial charge in [-0.3, -0.25) is 9.38 Å². The highest BCUT2D eigenvalue weighted by Crippen LogP contribution is 2.29. The number of rotatable bonds is 6. The first-order valence-corrected chi connectivity index (χ1v) is 8.00. The van der Waals surface area contributed by atoms with E-state index in [1.54, 1.807) is 24.5 Å². The fourth-order valence-corrected chi connectivity index (χ4v) is 2.59. The molecule has 3 rings (SSSR count). The van der Waals surface area contributed by atoms with Crippen molar-refractivity contribution in [2.24, 2.45) is 0 Å². The van der Waals surface area contributed by atoms with Crippen LogP contribution in [0.2, 0.25) is 0 Å². The minimum atomic E-state index is -0.0377. The molecule has 0 saturated carbocycles. The van der Waals surface area contributed by atoms with Gasteiger partial charge in [0.05, 0.1) is 12.8 Å². The second-order valence-corrected chi connectivity index (χ2v) is 5.50. The summed E-state index contributed by atoms with van der Waals surface area (Å²) in [6, 6.07) is 8.08. The number of nitrogens with one attached hydrogen (secondary N) is 1. The van der Waals surface area contributed by atoms with E-state index in [1.807, 2.05) is 40.9 Å². The summed E-state index contributed by atoms with van der Waals surface area (Å²) in [5, 5.41) is 12.6. The third kappa shape index (κ3) is 3.51. The Hall–Kier alpha value is -3.18. The highest BCUT2D eigenvalue weighted by molar-refractivity contribution is 5.83. The summed E-state index contributed by atoms with van der Waals surface area (Å²) in [5.41, 5.74) is 4.50. The van der Waals surface area contributed by atoms with Crippen molar-refractivity contribution in [1.82, 2.24) is 14.4 Å². The van der Waals surface area contributed by atoms with Gasteiger partial charge in [0.1, 0.15) is 11.5 Å². The van der Waals surface area contributed by atoms with E-state index in [4.69, 9.17) is 10.1 Å². The Labute approximate surface area is 146 Å². The summed E-state index contributed by atoms with van der Waals surface area (Å²) in [4.78, 5) is 8.85. The summed E-state index contributed by atoms with van der Waals surface area (Å²) in [7, 11) is 0. The summed E-state index contributed by atoms with van der Waals surface area (Å²) in [5.74, 6) is 0.836. The maximum absolute atomic E-state index is 9.12. The van der Waals surface area contributed by atoms with Crippen LogP contribution >= 0.6 is 0 Å². The van der Waals surface area contributed by atoms with Gasteiger partial charge in [-0.15, -0.1) is 0 Å². The van der Waals surface area contributed by atoms with Crippen LogP contribution in [0.3, 0.4) is 0 Å². The first kappa shape index (κ1) is 16.7. The number of aliphatic hydroxyl groups excluding tert-OH is 1. The van der Waals surface area contributed by atoms with Crippen LogP contribution in [-0.2, 0) is 0 Å². The Morgan fingerprint density at radius 2 is 2.20 bits per heavy atom. The average molecular weight is 332 g/mol. The van der Waals surface area contributed by atoms with Gasteiger partial charge in [-0.05, 0) is 18.6 Å². The largest absolute Gasteiger partial charge is 0.392 e. The lowest BCUT2D eigenvalue weighted by Crippen LogP contribution is -1.99. The molecule has 0 unspecified atom stereocenters. The lowest BCUT2D eigenvalue weighted by atomic mass is 10.1. The number of nitrogens with zero attached hydrogens (tertiary/aromatic N) is 3. The molecule has 0 bridgehead atoms. The minimum absolute atomic E-state index is 0.0377. The molecule has 2 N–H and O–H groups in total. The highest BCUT2D eigenvalue weighted by atomic mass is 16.2. The van der Waals surface area contributed by atoms with Gasteiger partial charge in [-0.1, -0.05) is 49.1 Å². The molecule has 0 spiro atoms. The summed E-state index contributed by atoms with van der Waals surface area (Å²) in [6.45, 7) is 5.79. The monoisotopic (exact) mass is 332 g/mol. The van der Waals surface area contributed by atoms with E-state index in [2.05, 4.69) is 29.9 Å². The third-order valence-electron chi connectivity index (χ3n) is 3.80. The number of benzene rings is 1. The topological polar surface area (TPSA) is 62.5 Å². The maximum Gasteiger partial charge on any atom is 0.157 e. The zero-order chi connectivity index (χ0) is 17.6. The van der Waals surface area contributed by atoms with Crippen molar-refractivity contribution >= 4 is 22.7 Å². The molecule has 0 atom stereocenters. The van der Waals surface area contributed by atoms with Crippen molar-refractivity contribution in [2.75, 3.05) is 11.9 Å². The van der Waals surface area contributed by atoms with E-state index in [9.17, 15) is 0 Å². The predicted octanol–water partition coefficient (Wildman–Crippen LogP) is 3.90. The van der Waals surface area contributed by atoms with Gasteiger partial charge in [0.2, 0.25) is 0 Å². The molecule has 5 heteroatoms. The number of hydrogen-bond acceptors (Lipinski definition) is 4. The SMILES string of the molecule is C=C/C=C(\C=C/CO)c1nc2cnccn2c1Nc1ccccc1C. The highest BCUT2D eigenvalue weighted by Gasteiger charge is 2.15. The third-order valence-corrected chi connectivity index (χ3v) is 3.80. The first-order chi connectivity index (χ1) is 12.2. The average Bonchev–Trinajstić information content (AvgIpc) is 2.99. The molecule has 0 saturated heterocycles. The molecule has 0 aliphatic heterocycles. The zero-order valence-electron chi connectivity index (χ0n) is 14.1. The number of aliphatic hydroxyl groups is 1. The van der Waals surface area contributed by atoms with Gasteiger partial charge in [0.15, 0.2) is 5.65 Å². The van der Waals surface area contributed by atoms with E-state index >= 15 is 0 Å². The first-order valence-electron chi connectivity index (χ1n) is 8.00. The normalized spacial score (nSPS) is 12.0. The molecule has 126 valence electrons. The number of para-hydroxylation sites is 1. The zero-order valence-corrected chi connectivity index (χ0v) is 14.1. The van der Waals surface area contributed by atoms with Gasteiger partial charge in [-0.25, -0.2) is 4.98 Å². The number of fused-ring (bicyclic) bond motifs is 1. The van der Waals surface area contributed by atoms with Crippen LogP contribution in [0.25, 0.3) is 11.2 Å². The number of aryl methyl sites for hydroxylation is 1. The van der Waals surface area contributed by atoms with Gasteiger partial charge in [-0.2, -0.15) is 0 Å². The van der Waals surface area contributed by atoms with Crippen LogP contribution in [0.5, 0.6) is 0 Å². The van der Waals surface area contributed by atoms with Gasteiger partial charge >= 0.3 is 0 Å². The predicted molar refractivity (Wildman–Crippen MR) is 102 cm³/mol. The molecule has 0 amide bonds. The van der Waals surface area contributed by atoms with Crippen molar-refractivity contribution in [2.45, 2.75) is 6.92 Å². The summed E-state index contributed by atoms with van der Waals surface area (Å²) >= 11 is 0. The van der Waals surface area contributed by atoms with Crippen LogP contribution < -0.4 is 5.32 Å². The van der Waals surface area contributed by atoms with Crippen molar-refractivity contribution in [1.29, 1.82) is 0 Å². The van der Waals surface area contributed by atoms with Crippen LogP contribution in [-0.4, -0.2) is 26.1 Å². The van der Waals surface area contributed by atoms with Crippen LogP contribution in [0, 0.1) is 6.92 Å². The Bertz CT molecular complexity index is 953. The maximum atomic E-state index is 9.12. The Morgan fingerprint density at radius 1 is 1.36 bits per heavy atom. The Morgan fingerprint density at radius 3 is 2.96 bits per heavy atom. The fourth-order valence-electron chi connectivity index (χ4n) is 2.59. The Kier molecular flexibility index (Phi) is 5.06. The van der Waals surface area contributed by atoms with Crippen LogP contribution in [0.4, 0.5) is 11.5 Å². The molecule has 0 aliphatic carbocycles. The van der Waals surface area contributed by atoms with Crippen molar-refractivity contribution < 1.29 is 5.11 Å². The molecule has 0 aliphatic rings. The van der Waals surface area contributed by atoms with E-state index in [1.165, 1.54) is 0 Å². The van der Waals surface area contributed by atoms with Crippen molar-refractivity contribution in [3.63, 3.8) is 0 Å². The van der Waals surface area contributed by atoms with E-state index in [0.717, 1.165) is 34.0 Å². The van der Waals surface area contributed by atoms with Crippen LogP contribution in [0.1, 0.15) is 11.3 Å². The Balaban J connectivity index is 2.18. The number of aromatic nitrogens is 3. The van der Waals surface area contributed by atoms with Crippen LogP contribution in [0.15, 0.2) is 73.7 Å². The lowest BCUT2D eigenvalue weighted by molar-refractivity contribution is 0.343. The fraction of sp³-hybridized carbons (Fsp3) is 0.100. The van der Waals surface area contributed by atoms with Gasteiger partial charge in [0, 0.05) is 23.7 Å². The molecule has 2 aromatic heterocycles. The number of anilines is 2. The lowest BCUT2D eigenvalue weighted by Gasteiger charge is -2.11. The molecule has 3 aromatic rings. The molecule has 1 aromatic carbocycles. The smallest absolute Gasteiger partial charge is 0.157 e. The summed E-state index contributed by atoms with van der Waals surface area (Å²) in [6.07, 6.45) is 12.4. The number of imidazole rings is 1. The van der Waals surface area contributed by atoms with E-state index < -0.39 is 0 Å². The number of allylic oxidation sites excluding steroid dienone is 4. The molecule has 2 heterocycles. The second-order valence-electron chi connectivity index (χ2n) is 5.50. The molecular formula is C20H20N4O. The van der Waals surface area contributed by atoms with Crippen molar-refractivity contribution in [3.8, 4) is 0 Å².